The quantitative estimate of drug-likeness (QED) is 0.410. The number of rotatable bonds is 7. The van der Waals surface area contributed by atoms with Gasteiger partial charge < -0.3 is 10.0 Å². The predicted molar refractivity (Wildman–Crippen MR) is 132 cm³/mol. The highest BCUT2D eigenvalue weighted by molar-refractivity contribution is 6.39. The van der Waals surface area contributed by atoms with E-state index in [1.54, 1.807) is 0 Å². The highest BCUT2D eigenvalue weighted by atomic mass is 35.5. The van der Waals surface area contributed by atoms with Gasteiger partial charge in [-0.2, -0.15) is 18.3 Å². The molecule has 0 spiro atoms. The molecule has 8 nitrogen and oxygen atoms in total. The van der Waals surface area contributed by atoms with Crippen molar-refractivity contribution in [3.05, 3.63) is 45.5 Å². The van der Waals surface area contributed by atoms with Crippen molar-refractivity contribution in [2.24, 2.45) is 11.3 Å². The van der Waals surface area contributed by atoms with Gasteiger partial charge in [0.25, 0.3) is 5.91 Å². The fourth-order valence-electron chi connectivity index (χ4n) is 5.46. The second-order valence-electron chi connectivity index (χ2n) is 10.6. The van der Waals surface area contributed by atoms with Crippen LogP contribution < -0.4 is 0 Å². The van der Waals surface area contributed by atoms with E-state index in [-0.39, 0.29) is 41.3 Å². The van der Waals surface area contributed by atoms with Crippen molar-refractivity contribution in [1.82, 2.24) is 19.7 Å². The van der Waals surface area contributed by atoms with Gasteiger partial charge in [-0.25, -0.2) is 0 Å². The summed E-state index contributed by atoms with van der Waals surface area (Å²) in [5.74, 6) is -3.18. The summed E-state index contributed by atoms with van der Waals surface area (Å²) in [5, 5.41) is 13.1. The molecule has 1 atom stereocenters. The molecule has 0 aliphatic heterocycles. The number of carboxylic acids is 1. The molecular weight excluding hydrogens is 548 g/mol. The number of carbonyl (C=O) groups excluding carboxylic acids is 2. The second kappa shape index (κ2) is 10.5. The maximum atomic E-state index is 14.4. The molecule has 4 rings (SSSR count). The first-order chi connectivity index (χ1) is 17.7. The van der Waals surface area contributed by atoms with E-state index in [2.05, 4.69) is 10.1 Å². The molecule has 0 aromatic carbocycles. The third-order valence-electron chi connectivity index (χ3n) is 7.73. The molecular formula is C25H27Cl2F3N4O4. The molecule has 2 heterocycles. The Morgan fingerprint density at radius 1 is 1.08 bits per heavy atom. The number of hydrogen-bond donors (Lipinski definition) is 1. The van der Waals surface area contributed by atoms with Gasteiger partial charge in [0.15, 0.2) is 11.5 Å². The van der Waals surface area contributed by atoms with E-state index in [0.29, 0.717) is 6.42 Å². The van der Waals surface area contributed by atoms with Crippen LogP contribution in [0.15, 0.2) is 18.6 Å². The van der Waals surface area contributed by atoms with Gasteiger partial charge in [-0.1, -0.05) is 37.0 Å². The number of hydrogen-bond acceptors (Lipinski definition) is 5. The highest BCUT2D eigenvalue weighted by Gasteiger charge is 2.48. The zero-order valence-corrected chi connectivity index (χ0v) is 22.3. The number of Topliss-reactive ketones (excluding diaryl/α,β-unsaturated/α-hetero) is 1. The van der Waals surface area contributed by atoms with E-state index >= 15 is 0 Å². The molecule has 38 heavy (non-hydrogen) atoms. The zero-order valence-electron chi connectivity index (χ0n) is 20.8. The summed E-state index contributed by atoms with van der Waals surface area (Å²) in [6, 6.07) is -1.19. The number of amides is 1. The molecule has 0 bridgehead atoms. The zero-order chi connectivity index (χ0) is 28.0. The predicted octanol–water partition coefficient (Wildman–Crippen LogP) is 5.93. The summed E-state index contributed by atoms with van der Waals surface area (Å²) in [5.41, 5.74) is -2.33. The number of halogens is 5. The Morgan fingerprint density at radius 2 is 1.68 bits per heavy atom. The van der Waals surface area contributed by atoms with Gasteiger partial charge in [0.1, 0.15) is 0 Å². The number of aromatic nitrogens is 3. The van der Waals surface area contributed by atoms with Crippen molar-refractivity contribution < 1.29 is 32.7 Å². The fourth-order valence-corrected chi connectivity index (χ4v) is 6.04. The third kappa shape index (κ3) is 5.40. The monoisotopic (exact) mass is 574 g/mol. The Balaban J connectivity index is 1.70. The molecule has 2 aromatic heterocycles. The minimum absolute atomic E-state index is 0.0245. The largest absolute Gasteiger partial charge is 0.481 e. The molecule has 2 aromatic rings. The molecule has 1 amide bonds. The number of ketones is 1. The molecule has 0 saturated heterocycles. The van der Waals surface area contributed by atoms with Crippen molar-refractivity contribution in [2.45, 2.75) is 70.6 Å². The summed E-state index contributed by atoms with van der Waals surface area (Å²) in [7, 11) is 0. The number of carbonyl (C=O) groups is 3. The van der Waals surface area contributed by atoms with Crippen LogP contribution in [0, 0.1) is 11.3 Å². The summed E-state index contributed by atoms with van der Waals surface area (Å²) < 4.78 is 43.9. The molecule has 2 aliphatic rings. The van der Waals surface area contributed by atoms with Gasteiger partial charge in [0.05, 0.1) is 45.9 Å². The lowest BCUT2D eigenvalue weighted by Crippen LogP contribution is -2.56. The average Bonchev–Trinajstić information content (AvgIpc) is 3.28. The number of alkyl halides is 3. The van der Waals surface area contributed by atoms with Crippen molar-refractivity contribution in [3.8, 4) is 0 Å². The summed E-state index contributed by atoms with van der Waals surface area (Å²) in [6.45, 7) is 3.24. The Morgan fingerprint density at radius 3 is 2.16 bits per heavy atom. The topological polar surface area (TPSA) is 105 Å². The van der Waals surface area contributed by atoms with Crippen molar-refractivity contribution in [3.63, 3.8) is 0 Å². The van der Waals surface area contributed by atoms with Crippen LogP contribution in [0.4, 0.5) is 13.2 Å². The molecule has 13 heteroatoms. The Hall–Kier alpha value is -2.66. The Kier molecular flexibility index (Phi) is 7.82. The van der Waals surface area contributed by atoms with Gasteiger partial charge in [0.2, 0.25) is 0 Å². The Labute approximate surface area is 227 Å². The molecule has 2 saturated carbocycles. The van der Waals surface area contributed by atoms with Gasteiger partial charge in [0, 0.05) is 18.4 Å². The van der Waals surface area contributed by atoms with Gasteiger partial charge in [-0.05, 0) is 43.9 Å². The fraction of sp³-hybridized carbons (Fsp3) is 0.560. The van der Waals surface area contributed by atoms with E-state index in [1.807, 2.05) is 13.8 Å². The smallest absolute Gasteiger partial charge is 0.433 e. The van der Waals surface area contributed by atoms with Crippen LogP contribution >= 0.6 is 23.2 Å². The lowest BCUT2D eigenvalue weighted by molar-refractivity contribution is -0.147. The number of nitrogens with zero attached hydrogens (tertiary/aromatic N) is 4. The second-order valence-corrected chi connectivity index (χ2v) is 11.4. The normalized spacial score (nSPS) is 23.0. The lowest BCUT2D eigenvalue weighted by atomic mass is 9.66. The number of pyridine rings is 1. The first kappa shape index (κ1) is 28.4. The molecule has 0 radical (unpaired) electrons. The molecule has 2 fully saturated rings. The molecule has 206 valence electrons. The van der Waals surface area contributed by atoms with Crippen LogP contribution in [0.3, 0.4) is 0 Å². The summed E-state index contributed by atoms with van der Waals surface area (Å²) >= 11 is 12.2. The number of carboxylic acid groups (broad SMARTS) is 1. The standard InChI is InChI=1S/C25H27Cl2F3N4O4/c1-24(2)8-7-19(24)33(12-18(35)20-16(26)10-31-11-17(20)27)22(36)15-9-32-34(21(15)25(28,29)30)14-5-3-13(4-6-14)23(37)38/h9-11,13-14,19H,3-8,12H2,1-2H3,(H,37,38)/t13?,14?,19-/m0/s1. The molecule has 1 N–H and O–H groups in total. The van der Waals surface area contributed by atoms with Crippen molar-refractivity contribution in [1.29, 1.82) is 0 Å². The van der Waals surface area contributed by atoms with Crippen LogP contribution in [0.5, 0.6) is 0 Å². The van der Waals surface area contributed by atoms with Gasteiger partial charge in [-0.15, -0.1) is 0 Å². The van der Waals surface area contributed by atoms with E-state index < -0.39 is 65.1 Å². The minimum atomic E-state index is -4.91. The van der Waals surface area contributed by atoms with Crippen molar-refractivity contribution in [2.75, 3.05) is 6.54 Å². The maximum Gasteiger partial charge on any atom is 0.433 e. The molecule has 0 unspecified atom stereocenters. The lowest BCUT2D eigenvalue weighted by Gasteiger charge is -2.50. The SMILES string of the molecule is CC1(C)CC[C@@H]1N(CC(=O)c1c(Cl)cncc1Cl)C(=O)c1cnn(C2CCC(C(=O)O)CC2)c1C(F)(F)F. The molecule has 2 aliphatic carbocycles. The summed E-state index contributed by atoms with van der Waals surface area (Å²) in [6.07, 6.45) is 0.477. The van der Waals surface area contributed by atoms with E-state index in [0.717, 1.165) is 22.2 Å². The van der Waals surface area contributed by atoms with E-state index in [4.69, 9.17) is 23.2 Å². The van der Waals surface area contributed by atoms with E-state index in [9.17, 15) is 32.7 Å². The Bertz CT molecular complexity index is 1240. The van der Waals surface area contributed by atoms with Gasteiger partial charge in [-0.3, -0.25) is 24.0 Å². The average molecular weight is 575 g/mol. The van der Waals surface area contributed by atoms with Crippen molar-refractivity contribution >= 4 is 40.9 Å². The number of aliphatic carboxylic acids is 1. The van der Waals surface area contributed by atoms with Crippen LogP contribution in [0.1, 0.15) is 84.8 Å². The minimum Gasteiger partial charge on any atom is -0.481 e. The van der Waals surface area contributed by atoms with Crippen LogP contribution in [0.2, 0.25) is 10.0 Å². The first-order valence-corrected chi connectivity index (χ1v) is 13.0. The third-order valence-corrected chi connectivity index (χ3v) is 8.31. The first-order valence-electron chi connectivity index (χ1n) is 12.2. The summed E-state index contributed by atoms with van der Waals surface area (Å²) in [4.78, 5) is 43.2. The van der Waals surface area contributed by atoms with Crippen LogP contribution in [-0.2, 0) is 11.0 Å². The van der Waals surface area contributed by atoms with E-state index in [1.165, 1.54) is 12.4 Å². The van der Waals surface area contributed by atoms with Crippen LogP contribution in [0.25, 0.3) is 0 Å². The highest BCUT2D eigenvalue weighted by Crippen LogP contribution is 2.45. The van der Waals surface area contributed by atoms with Gasteiger partial charge >= 0.3 is 12.1 Å². The van der Waals surface area contributed by atoms with Crippen LogP contribution in [-0.4, -0.2) is 55.0 Å². The maximum absolute atomic E-state index is 14.4.